The molecule has 0 aliphatic carbocycles. The van der Waals surface area contributed by atoms with E-state index < -0.39 is 11.9 Å². The lowest BCUT2D eigenvalue weighted by atomic mass is 10.1. The van der Waals surface area contributed by atoms with E-state index in [1.54, 1.807) is 6.92 Å². The van der Waals surface area contributed by atoms with Gasteiger partial charge >= 0.3 is 5.97 Å². The molecule has 0 atom stereocenters. The second-order valence-corrected chi connectivity index (χ2v) is 4.30. The van der Waals surface area contributed by atoms with E-state index in [4.69, 9.17) is 10.5 Å². The molecule has 3 N–H and O–H groups in total. The lowest BCUT2D eigenvalue weighted by Crippen LogP contribution is -2.37. The van der Waals surface area contributed by atoms with E-state index >= 15 is 0 Å². The van der Waals surface area contributed by atoms with Crippen LogP contribution in [0.3, 0.4) is 0 Å². The number of esters is 1. The molecule has 1 amide bonds. The number of carbonyl (C=O) groups is 2. The molecule has 1 rings (SSSR count). The van der Waals surface area contributed by atoms with E-state index in [0.717, 1.165) is 0 Å². The lowest BCUT2D eigenvalue weighted by molar-refractivity contribution is -0.143. The first-order chi connectivity index (χ1) is 9.49. The summed E-state index contributed by atoms with van der Waals surface area (Å²) in [4.78, 5) is 25.3. The minimum absolute atomic E-state index is 0.0462. The Balaban J connectivity index is 2.93. The first-order valence-corrected chi connectivity index (χ1v) is 6.53. The minimum atomic E-state index is -0.465. The summed E-state index contributed by atoms with van der Waals surface area (Å²) in [5.41, 5.74) is 6.18. The number of carbonyl (C=O) groups excluding carboxylic acids is 2. The molecule has 110 valence electrons. The molecule has 0 heterocycles. The van der Waals surface area contributed by atoms with Crippen LogP contribution in [-0.2, 0) is 9.53 Å². The number of amides is 1. The normalized spacial score (nSPS) is 10.1. The third kappa shape index (κ3) is 4.15. The van der Waals surface area contributed by atoms with Gasteiger partial charge in [0.2, 0.25) is 0 Å². The van der Waals surface area contributed by atoms with Gasteiger partial charge in [-0.1, -0.05) is 6.92 Å². The number of hydrogen-bond donors (Lipinski definition) is 2. The van der Waals surface area contributed by atoms with Crippen LogP contribution in [0.2, 0.25) is 0 Å². The maximum Gasteiger partial charge on any atom is 0.325 e. The highest BCUT2D eigenvalue weighted by atomic mass is 16.5. The summed E-state index contributed by atoms with van der Waals surface area (Å²) >= 11 is 0. The van der Waals surface area contributed by atoms with E-state index in [2.05, 4.69) is 0 Å². The number of hydrogen-bond acceptors (Lipinski definition) is 5. The third-order valence-corrected chi connectivity index (χ3v) is 2.67. The zero-order valence-corrected chi connectivity index (χ0v) is 11.8. The van der Waals surface area contributed by atoms with Gasteiger partial charge in [-0.15, -0.1) is 0 Å². The first kappa shape index (κ1) is 15.8. The number of benzene rings is 1. The summed E-state index contributed by atoms with van der Waals surface area (Å²) in [7, 11) is 0. The van der Waals surface area contributed by atoms with Gasteiger partial charge in [0.05, 0.1) is 12.2 Å². The SMILES string of the molecule is CCCN(CC(=O)OCC)C(=O)c1cc(O)ccc1N. The smallest absolute Gasteiger partial charge is 0.325 e. The average molecular weight is 280 g/mol. The lowest BCUT2D eigenvalue weighted by Gasteiger charge is -2.21. The fraction of sp³-hybridized carbons (Fsp3) is 0.429. The van der Waals surface area contributed by atoms with Crippen molar-refractivity contribution in [3.8, 4) is 5.75 Å². The highest BCUT2D eigenvalue weighted by Gasteiger charge is 2.21. The fourth-order valence-corrected chi connectivity index (χ4v) is 1.78. The summed E-state index contributed by atoms with van der Waals surface area (Å²) < 4.78 is 4.85. The molecule has 1 aromatic carbocycles. The second-order valence-electron chi connectivity index (χ2n) is 4.30. The highest BCUT2D eigenvalue weighted by molar-refractivity contribution is 6.00. The molecule has 0 saturated heterocycles. The first-order valence-electron chi connectivity index (χ1n) is 6.53. The second kappa shape index (κ2) is 7.37. The maximum atomic E-state index is 12.4. The van der Waals surface area contributed by atoms with Gasteiger partial charge in [0.25, 0.3) is 5.91 Å². The summed E-state index contributed by atoms with van der Waals surface area (Å²) in [5.74, 6) is -0.906. The summed E-state index contributed by atoms with van der Waals surface area (Å²) in [6.07, 6.45) is 0.698. The van der Waals surface area contributed by atoms with Crippen molar-refractivity contribution in [2.75, 3.05) is 25.4 Å². The number of phenols is 1. The zero-order chi connectivity index (χ0) is 15.1. The van der Waals surface area contributed by atoms with Crippen molar-refractivity contribution >= 4 is 17.6 Å². The van der Waals surface area contributed by atoms with Gasteiger partial charge in [0, 0.05) is 12.2 Å². The molecule has 20 heavy (non-hydrogen) atoms. The van der Waals surface area contributed by atoms with Gasteiger partial charge in [0.1, 0.15) is 12.3 Å². The number of ether oxygens (including phenoxy) is 1. The predicted octanol–water partition coefficient (Wildman–Crippen LogP) is 1.39. The Labute approximate surface area is 118 Å². The number of nitrogens with two attached hydrogens (primary N) is 1. The summed E-state index contributed by atoms with van der Waals surface area (Å²) in [6, 6.07) is 4.16. The van der Waals surface area contributed by atoms with Crippen LogP contribution >= 0.6 is 0 Å². The molecule has 0 unspecified atom stereocenters. The van der Waals surface area contributed by atoms with E-state index in [9.17, 15) is 14.7 Å². The standard InChI is InChI=1S/C14H20N2O4/c1-3-7-16(9-13(18)20-4-2)14(19)11-8-10(17)5-6-12(11)15/h5-6,8,17H,3-4,7,9,15H2,1-2H3. The number of aromatic hydroxyl groups is 1. The number of phenolic OH excluding ortho intramolecular Hbond substituents is 1. The molecule has 0 aromatic heterocycles. The number of anilines is 1. The topological polar surface area (TPSA) is 92.9 Å². The van der Waals surface area contributed by atoms with Crippen molar-refractivity contribution in [2.45, 2.75) is 20.3 Å². The number of nitrogens with zero attached hydrogens (tertiary/aromatic N) is 1. The van der Waals surface area contributed by atoms with Crippen LogP contribution in [0.25, 0.3) is 0 Å². The van der Waals surface area contributed by atoms with Crippen molar-refractivity contribution < 1.29 is 19.4 Å². The predicted molar refractivity (Wildman–Crippen MR) is 75.3 cm³/mol. The van der Waals surface area contributed by atoms with Crippen LogP contribution in [0, 0.1) is 0 Å². The monoisotopic (exact) mass is 280 g/mol. The largest absolute Gasteiger partial charge is 0.508 e. The molecule has 6 nitrogen and oxygen atoms in total. The van der Waals surface area contributed by atoms with Gasteiger partial charge in [-0.3, -0.25) is 9.59 Å². The van der Waals surface area contributed by atoms with E-state index in [-0.39, 0.29) is 30.2 Å². The molecule has 0 fully saturated rings. The van der Waals surface area contributed by atoms with Gasteiger partial charge in [0.15, 0.2) is 0 Å². The Bertz CT molecular complexity index is 488. The number of rotatable bonds is 6. The Morgan fingerprint density at radius 1 is 1.35 bits per heavy atom. The maximum absolute atomic E-state index is 12.4. The molecule has 0 radical (unpaired) electrons. The summed E-state index contributed by atoms with van der Waals surface area (Å²) in [5, 5.41) is 9.45. The van der Waals surface area contributed by atoms with Crippen molar-refractivity contribution in [2.24, 2.45) is 0 Å². The van der Waals surface area contributed by atoms with E-state index in [1.165, 1.54) is 23.1 Å². The van der Waals surface area contributed by atoms with Crippen molar-refractivity contribution in [3.63, 3.8) is 0 Å². The van der Waals surface area contributed by atoms with Gasteiger partial charge in [-0.05, 0) is 31.5 Å². The zero-order valence-electron chi connectivity index (χ0n) is 11.8. The fourth-order valence-electron chi connectivity index (χ4n) is 1.78. The highest BCUT2D eigenvalue weighted by Crippen LogP contribution is 2.20. The Morgan fingerprint density at radius 3 is 2.65 bits per heavy atom. The third-order valence-electron chi connectivity index (χ3n) is 2.67. The molecular weight excluding hydrogens is 260 g/mol. The molecule has 0 aliphatic rings. The molecular formula is C14H20N2O4. The Hall–Kier alpha value is -2.24. The Morgan fingerprint density at radius 2 is 2.05 bits per heavy atom. The van der Waals surface area contributed by atoms with Gasteiger partial charge in [-0.25, -0.2) is 0 Å². The van der Waals surface area contributed by atoms with Crippen molar-refractivity contribution in [1.29, 1.82) is 0 Å². The molecule has 6 heteroatoms. The van der Waals surface area contributed by atoms with Crippen LogP contribution in [0.1, 0.15) is 30.6 Å². The molecule has 0 saturated carbocycles. The van der Waals surface area contributed by atoms with Crippen LogP contribution in [0.15, 0.2) is 18.2 Å². The van der Waals surface area contributed by atoms with Crippen molar-refractivity contribution in [1.82, 2.24) is 4.90 Å². The summed E-state index contributed by atoms with van der Waals surface area (Å²) in [6.45, 7) is 4.15. The van der Waals surface area contributed by atoms with E-state index in [0.29, 0.717) is 13.0 Å². The molecule has 0 bridgehead atoms. The van der Waals surface area contributed by atoms with Crippen LogP contribution in [-0.4, -0.2) is 41.6 Å². The molecule has 1 aromatic rings. The minimum Gasteiger partial charge on any atom is -0.508 e. The van der Waals surface area contributed by atoms with E-state index in [1.807, 2.05) is 6.92 Å². The average Bonchev–Trinajstić information content (AvgIpc) is 2.40. The molecule has 0 spiro atoms. The van der Waals surface area contributed by atoms with Gasteiger partial charge < -0.3 is 20.5 Å². The van der Waals surface area contributed by atoms with Crippen LogP contribution < -0.4 is 5.73 Å². The molecule has 0 aliphatic heterocycles. The van der Waals surface area contributed by atoms with Crippen LogP contribution in [0.5, 0.6) is 5.75 Å². The quantitative estimate of drug-likeness (QED) is 0.466. The Kier molecular flexibility index (Phi) is 5.83. The number of nitrogen functional groups attached to an aromatic ring is 1. The van der Waals surface area contributed by atoms with Gasteiger partial charge in [-0.2, -0.15) is 0 Å². The van der Waals surface area contributed by atoms with Crippen molar-refractivity contribution in [3.05, 3.63) is 23.8 Å². The van der Waals surface area contributed by atoms with Crippen LogP contribution in [0.4, 0.5) is 5.69 Å².